The molecule has 3 aromatic heterocycles. The fraction of sp³-hybridized carbons (Fsp3) is 0.0556. The standard InChI is InChI=1S/C18H14N6O2/c1-26-15-12-23(16-8-5-10-19-21-16)22-17(18(15)25)14-9-11-20-24(14)13-6-3-2-4-7-13/h2-12H,1H3. The van der Waals surface area contributed by atoms with Gasteiger partial charge in [-0.2, -0.15) is 15.3 Å². The van der Waals surface area contributed by atoms with Gasteiger partial charge in [0.15, 0.2) is 17.3 Å². The molecule has 0 amide bonds. The fourth-order valence-corrected chi connectivity index (χ4v) is 2.57. The molecule has 1 aromatic carbocycles. The van der Waals surface area contributed by atoms with E-state index in [1.807, 2.05) is 30.3 Å². The lowest BCUT2D eigenvalue weighted by atomic mass is 10.2. The van der Waals surface area contributed by atoms with Gasteiger partial charge in [0.05, 0.1) is 30.9 Å². The Kier molecular flexibility index (Phi) is 3.98. The monoisotopic (exact) mass is 346 g/mol. The smallest absolute Gasteiger partial charge is 0.251 e. The zero-order valence-electron chi connectivity index (χ0n) is 13.9. The molecule has 0 unspecified atom stereocenters. The molecule has 4 rings (SSSR count). The number of nitrogens with zero attached hydrogens (tertiary/aromatic N) is 6. The SMILES string of the molecule is COc1cn(-c2cccnn2)nc(-c2ccnn2-c2ccccc2)c1=O. The second-order valence-electron chi connectivity index (χ2n) is 5.37. The number of para-hydroxylation sites is 1. The Morgan fingerprint density at radius 2 is 1.85 bits per heavy atom. The van der Waals surface area contributed by atoms with E-state index in [9.17, 15) is 4.79 Å². The fourth-order valence-electron chi connectivity index (χ4n) is 2.57. The van der Waals surface area contributed by atoms with Gasteiger partial charge in [0.2, 0.25) is 0 Å². The number of hydrogen-bond donors (Lipinski definition) is 0. The molecule has 8 nitrogen and oxygen atoms in total. The first-order valence-corrected chi connectivity index (χ1v) is 7.84. The van der Waals surface area contributed by atoms with Gasteiger partial charge < -0.3 is 4.74 Å². The molecular formula is C18H14N6O2. The van der Waals surface area contributed by atoms with Crippen molar-refractivity contribution in [3.63, 3.8) is 0 Å². The molecule has 0 atom stereocenters. The summed E-state index contributed by atoms with van der Waals surface area (Å²) in [5.74, 6) is 0.624. The Morgan fingerprint density at radius 1 is 1.00 bits per heavy atom. The van der Waals surface area contributed by atoms with Crippen LogP contribution >= 0.6 is 0 Å². The minimum atomic E-state index is -0.328. The van der Waals surface area contributed by atoms with E-state index in [2.05, 4.69) is 20.4 Å². The van der Waals surface area contributed by atoms with Gasteiger partial charge in [-0.05, 0) is 30.3 Å². The lowest BCUT2D eigenvalue weighted by molar-refractivity contribution is 0.405. The molecule has 0 saturated carbocycles. The summed E-state index contributed by atoms with van der Waals surface area (Å²) in [6.07, 6.45) is 4.67. The van der Waals surface area contributed by atoms with Crippen LogP contribution in [0.5, 0.6) is 5.75 Å². The van der Waals surface area contributed by atoms with Gasteiger partial charge >= 0.3 is 0 Å². The Labute approximate surface area is 148 Å². The highest BCUT2D eigenvalue weighted by Gasteiger charge is 2.17. The molecule has 4 aromatic rings. The molecule has 0 saturated heterocycles. The number of benzene rings is 1. The predicted molar refractivity (Wildman–Crippen MR) is 94.5 cm³/mol. The minimum absolute atomic E-state index is 0.154. The van der Waals surface area contributed by atoms with E-state index in [1.54, 1.807) is 35.3 Å². The third kappa shape index (κ3) is 2.73. The molecule has 8 heteroatoms. The molecule has 0 aliphatic rings. The van der Waals surface area contributed by atoms with E-state index in [4.69, 9.17) is 4.74 Å². The molecule has 26 heavy (non-hydrogen) atoms. The van der Waals surface area contributed by atoms with Crippen LogP contribution in [0.15, 0.2) is 71.9 Å². The lowest BCUT2D eigenvalue weighted by Crippen LogP contribution is -2.18. The molecule has 0 fully saturated rings. The van der Waals surface area contributed by atoms with E-state index < -0.39 is 0 Å². The number of rotatable bonds is 4. The quantitative estimate of drug-likeness (QED) is 0.561. The van der Waals surface area contributed by atoms with Gasteiger partial charge in [-0.15, -0.1) is 5.10 Å². The number of aromatic nitrogens is 6. The van der Waals surface area contributed by atoms with Crippen molar-refractivity contribution in [3.05, 3.63) is 77.3 Å². The van der Waals surface area contributed by atoms with Crippen LogP contribution in [0, 0.1) is 0 Å². The van der Waals surface area contributed by atoms with Crippen molar-refractivity contribution in [1.29, 1.82) is 0 Å². The molecule has 128 valence electrons. The summed E-state index contributed by atoms with van der Waals surface area (Å²) in [7, 11) is 1.44. The first-order valence-electron chi connectivity index (χ1n) is 7.84. The van der Waals surface area contributed by atoms with Crippen LogP contribution in [0.1, 0.15) is 0 Å². The van der Waals surface area contributed by atoms with Crippen LogP contribution in [0.3, 0.4) is 0 Å². The zero-order valence-corrected chi connectivity index (χ0v) is 13.9. The van der Waals surface area contributed by atoms with Gasteiger partial charge in [-0.3, -0.25) is 4.79 Å². The molecule has 0 aliphatic carbocycles. The number of ether oxygens (including phenoxy) is 1. The average Bonchev–Trinajstić information content (AvgIpc) is 3.19. The predicted octanol–water partition coefficient (Wildman–Crippen LogP) is 1.88. The van der Waals surface area contributed by atoms with Gasteiger partial charge in [-0.1, -0.05) is 18.2 Å². The van der Waals surface area contributed by atoms with Crippen LogP contribution < -0.4 is 10.2 Å². The Bertz CT molecular complexity index is 1090. The summed E-state index contributed by atoms with van der Waals surface area (Å²) in [5, 5.41) is 16.6. The number of methoxy groups -OCH3 is 1. The Balaban J connectivity index is 1.93. The van der Waals surface area contributed by atoms with E-state index in [-0.39, 0.29) is 16.9 Å². The minimum Gasteiger partial charge on any atom is -0.491 e. The zero-order chi connectivity index (χ0) is 17.9. The third-order valence-corrected chi connectivity index (χ3v) is 3.79. The summed E-state index contributed by atoms with van der Waals surface area (Å²) < 4.78 is 8.36. The van der Waals surface area contributed by atoms with E-state index in [1.165, 1.54) is 18.0 Å². The highest BCUT2D eigenvalue weighted by molar-refractivity contribution is 5.59. The summed E-state index contributed by atoms with van der Waals surface area (Å²) in [6, 6.07) is 14.7. The summed E-state index contributed by atoms with van der Waals surface area (Å²) in [5.41, 5.74) is 1.25. The topological polar surface area (TPSA) is 87.7 Å². The summed E-state index contributed by atoms with van der Waals surface area (Å²) in [4.78, 5) is 12.8. The van der Waals surface area contributed by atoms with Crippen LogP contribution in [-0.2, 0) is 0 Å². The van der Waals surface area contributed by atoms with Crippen LogP contribution in [-0.4, -0.2) is 36.9 Å². The van der Waals surface area contributed by atoms with E-state index >= 15 is 0 Å². The molecule has 0 radical (unpaired) electrons. The van der Waals surface area contributed by atoms with E-state index in [0.29, 0.717) is 11.5 Å². The van der Waals surface area contributed by atoms with E-state index in [0.717, 1.165) is 5.69 Å². The maximum atomic E-state index is 12.8. The van der Waals surface area contributed by atoms with Gasteiger partial charge in [-0.25, -0.2) is 9.36 Å². The molecule has 0 spiro atoms. The summed E-state index contributed by atoms with van der Waals surface area (Å²) in [6.45, 7) is 0. The van der Waals surface area contributed by atoms with Crippen molar-refractivity contribution < 1.29 is 4.74 Å². The average molecular weight is 346 g/mol. The Morgan fingerprint density at radius 3 is 2.58 bits per heavy atom. The van der Waals surface area contributed by atoms with Crippen LogP contribution in [0.4, 0.5) is 0 Å². The maximum absolute atomic E-state index is 12.8. The molecule has 0 N–H and O–H groups in total. The normalized spacial score (nSPS) is 10.7. The third-order valence-electron chi connectivity index (χ3n) is 3.79. The van der Waals surface area contributed by atoms with Gasteiger partial charge in [0, 0.05) is 6.20 Å². The van der Waals surface area contributed by atoms with Crippen LogP contribution in [0.2, 0.25) is 0 Å². The van der Waals surface area contributed by atoms with Crippen LogP contribution in [0.25, 0.3) is 22.9 Å². The number of hydrogen-bond acceptors (Lipinski definition) is 6. The lowest BCUT2D eigenvalue weighted by Gasteiger charge is -2.11. The second-order valence-corrected chi connectivity index (χ2v) is 5.37. The van der Waals surface area contributed by atoms with Crippen molar-refractivity contribution in [1.82, 2.24) is 29.8 Å². The van der Waals surface area contributed by atoms with Crippen molar-refractivity contribution in [2.24, 2.45) is 0 Å². The van der Waals surface area contributed by atoms with Crippen molar-refractivity contribution in [2.75, 3.05) is 7.11 Å². The largest absolute Gasteiger partial charge is 0.491 e. The van der Waals surface area contributed by atoms with Crippen molar-refractivity contribution in [2.45, 2.75) is 0 Å². The molecule has 0 bridgehead atoms. The summed E-state index contributed by atoms with van der Waals surface area (Å²) >= 11 is 0. The first-order chi connectivity index (χ1) is 12.8. The maximum Gasteiger partial charge on any atom is 0.251 e. The molecule has 3 heterocycles. The highest BCUT2D eigenvalue weighted by Crippen LogP contribution is 2.20. The first kappa shape index (κ1) is 15.7. The molecule has 0 aliphatic heterocycles. The van der Waals surface area contributed by atoms with Crippen molar-refractivity contribution >= 4 is 0 Å². The van der Waals surface area contributed by atoms with Gasteiger partial charge in [0.1, 0.15) is 0 Å². The Hall–Kier alpha value is -3.81. The highest BCUT2D eigenvalue weighted by atomic mass is 16.5. The van der Waals surface area contributed by atoms with Gasteiger partial charge in [0.25, 0.3) is 5.43 Å². The second kappa shape index (κ2) is 6.60. The van der Waals surface area contributed by atoms with Crippen molar-refractivity contribution in [3.8, 4) is 28.6 Å². The molecular weight excluding hydrogens is 332 g/mol.